The zero-order valence-corrected chi connectivity index (χ0v) is 10.5. The normalized spacial score (nSPS) is 10.8. The van der Waals surface area contributed by atoms with Crippen LogP contribution in [0, 0.1) is 6.92 Å². The number of hydrogen-bond donors (Lipinski definition) is 1. The SMILES string of the molecule is Cc1ccc(-c2cnc(CCCN)o2)c(Cl)c1. The van der Waals surface area contributed by atoms with E-state index in [1.54, 1.807) is 6.20 Å². The molecule has 17 heavy (non-hydrogen) atoms. The highest BCUT2D eigenvalue weighted by molar-refractivity contribution is 6.33. The Labute approximate surface area is 106 Å². The second kappa shape index (κ2) is 5.34. The summed E-state index contributed by atoms with van der Waals surface area (Å²) in [4.78, 5) is 4.21. The lowest BCUT2D eigenvalue weighted by Crippen LogP contribution is -2.00. The highest BCUT2D eigenvalue weighted by Gasteiger charge is 2.09. The van der Waals surface area contributed by atoms with Gasteiger partial charge in [0.15, 0.2) is 11.7 Å². The zero-order chi connectivity index (χ0) is 12.3. The molecule has 0 amide bonds. The highest BCUT2D eigenvalue weighted by atomic mass is 35.5. The standard InChI is InChI=1S/C13H15ClN2O/c1-9-4-5-10(11(14)7-9)12-8-16-13(17-12)3-2-6-15/h4-5,7-8H,2-3,6,15H2,1H3. The number of oxazole rings is 1. The summed E-state index contributed by atoms with van der Waals surface area (Å²) >= 11 is 6.17. The van der Waals surface area contributed by atoms with Crippen LogP contribution in [-0.2, 0) is 6.42 Å². The van der Waals surface area contributed by atoms with Crippen molar-refractivity contribution in [2.75, 3.05) is 6.54 Å². The topological polar surface area (TPSA) is 52.0 Å². The Balaban J connectivity index is 2.24. The van der Waals surface area contributed by atoms with Crippen LogP contribution in [-0.4, -0.2) is 11.5 Å². The maximum atomic E-state index is 6.17. The minimum absolute atomic E-state index is 0.642. The molecule has 0 bridgehead atoms. The summed E-state index contributed by atoms with van der Waals surface area (Å²) in [5, 5.41) is 0.687. The number of rotatable bonds is 4. The van der Waals surface area contributed by atoms with Gasteiger partial charge in [-0.3, -0.25) is 0 Å². The van der Waals surface area contributed by atoms with Crippen molar-refractivity contribution < 1.29 is 4.42 Å². The predicted molar refractivity (Wildman–Crippen MR) is 69.1 cm³/mol. The largest absolute Gasteiger partial charge is 0.441 e. The smallest absolute Gasteiger partial charge is 0.194 e. The minimum atomic E-state index is 0.642. The molecule has 0 aliphatic heterocycles. The maximum absolute atomic E-state index is 6.17. The van der Waals surface area contributed by atoms with Crippen LogP contribution in [0.15, 0.2) is 28.8 Å². The van der Waals surface area contributed by atoms with Crippen molar-refractivity contribution >= 4 is 11.6 Å². The van der Waals surface area contributed by atoms with E-state index in [0.717, 1.165) is 24.0 Å². The van der Waals surface area contributed by atoms with E-state index >= 15 is 0 Å². The average molecular weight is 251 g/mol. The Morgan fingerprint density at radius 1 is 1.41 bits per heavy atom. The fourth-order valence-corrected chi connectivity index (χ4v) is 1.95. The molecule has 2 N–H and O–H groups in total. The van der Waals surface area contributed by atoms with Gasteiger partial charge in [0.1, 0.15) is 0 Å². The number of aryl methyl sites for hydroxylation is 2. The molecule has 0 radical (unpaired) electrons. The number of benzene rings is 1. The van der Waals surface area contributed by atoms with Gasteiger partial charge in [-0.2, -0.15) is 0 Å². The Hall–Kier alpha value is -1.32. The van der Waals surface area contributed by atoms with Gasteiger partial charge in [0.2, 0.25) is 0 Å². The van der Waals surface area contributed by atoms with Crippen molar-refractivity contribution in [3.8, 4) is 11.3 Å². The Kier molecular flexibility index (Phi) is 3.82. The van der Waals surface area contributed by atoms with Gasteiger partial charge in [-0.1, -0.05) is 17.7 Å². The highest BCUT2D eigenvalue weighted by Crippen LogP contribution is 2.29. The second-order valence-corrected chi connectivity index (χ2v) is 4.40. The molecular formula is C13H15ClN2O. The van der Waals surface area contributed by atoms with Crippen molar-refractivity contribution in [2.24, 2.45) is 5.73 Å². The van der Waals surface area contributed by atoms with Crippen molar-refractivity contribution in [3.63, 3.8) is 0 Å². The van der Waals surface area contributed by atoms with E-state index in [2.05, 4.69) is 4.98 Å². The van der Waals surface area contributed by atoms with Crippen LogP contribution < -0.4 is 5.73 Å². The average Bonchev–Trinajstić information content (AvgIpc) is 2.75. The summed E-state index contributed by atoms with van der Waals surface area (Å²) in [6.45, 7) is 2.64. The number of nitrogens with two attached hydrogens (primary N) is 1. The van der Waals surface area contributed by atoms with Gasteiger partial charge in [-0.15, -0.1) is 0 Å². The Morgan fingerprint density at radius 3 is 2.94 bits per heavy atom. The van der Waals surface area contributed by atoms with Gasteiger partial charge < -0.3 is 10.2 Å². The van der Waals surface area contributed by atoms with Crippen molar-refractivity contribution in [3.05, 3.63) is 40.9 Å². The molecule has 90 valence electrons. The fourth-order valence-electron chi connectivity index (χ4n) is 1.62. The van der Waals surface area contributed by atoms with E-state index in [9.17, 15) is 0 Å². The Bertz CT molecular complexity index is 508. The number of hydrogen-bond acceptors (Lipinski definition) is 3. The molecule has 0 aliphatic carbocycles. The third-order valence-corrected chi connectivity index (χ3v) is 2.85. The summed E-state index contributed by atoms with van der Waals surface area (Å²) in [5.41, 5.74) is 7.45. The molecule has 0 atom stereocenters. The summed E-state index contributed by atoms with van der Waals surface area (Å²) < 4.78 is 5.64. The van der Waals surface area contributed by atoms with Gasteiger partial charge in [0.05, 0.1) is 11.2 Å². The Morgan fingerprint density at radius 2 is 2.24 bits per heavy atom. The van der Waals surface area contributed by atoms with E-state index < -0.39 is 0 Å². The first-order chi connectivity index (χ1) is 8.20. The first-order valence-corrected chi connectivity index (χ1v) is 6.00. The number of nitrogens with zero attached hydrogens (tertiary/aromatic N) is 1. The van der Waals surface area contributed by atoms with Crippen LogP contribution in [0.5, 0.6) is 0 Å². The van der Waals surface area contributed by atoms with Gasteiger partial charge in [0, 0.05) is 12.0 Å². The van der Waals surface area contributed by atoms with E-state index in [1.807, 2.05) is 25.1 Å². The van der Waals surface area contributed by atoms with Crippen molar-refractivity contribution in [1.82, 2.24) is 4.98 Å². The number of halogens is 1. The molecule has 0 spiro atoms. The molecule has 0 fully saturated rings. The van der Waals surface area contributed by atoms with Crippen LogP contribution >= 0.6 is 11.6 Å². The van der Waals surface area contributed by atoms with Crippen LogP contribution in [0.2, 0.25) is 5.02 Å². The zero-order valence-electron chi connectivity index (χ0n) is 9.74. The molecule has 1 aromatic heterocycles. The molecule has 4 heteroatoms. The molecule has 0 saturated heterocycles. The summed E-state index contributed by atoms with van der Waals surface area (Å²) in [6, 6.07) is 5.87. The lowest BCUT2D eigenvalue weighted by Gasteiger charge is -2.01. The summed E-state index contributed by atoms with van der Waals surface area (Å²) in [5.74, 6) is 1.42. The lowest BCUT2D eigenvalue weighted by molar-refractivity contribution is 0.499. The van der Waals surface area contributed by atoms with Crippen molar-refractivity contribution in [2.45, 2.75) is 19.8 Å². The van der Waals surface area contributed by atoms with E-state index in [1.165, 1.54) is 0 Å². The van der Waals surface area contributed by atoms with Crippen LogP contribution in [0.25, 0.3) is 11.3 Å². The first-order valence-electron chi connectivity index (χ1n) is 5.62. The quantitative estimate of drug-likeness (QED) is 0.907. The van der Waals surface area contributed by atoms with E-state index in [0.29, 0.717) is 23.2 Å². The molecule has 0 saturated carbocycles. The molecule has 2 rings (SSSR count). The third kappa shape index (κ3) is 2.87. The molecule has 1 heterocycles. The van der Waals surface area contributed by atoms with E-state index in [4.69, 9.17) is 21.8 Å². The van der Waals surface area contributed by atoms with Gasteiger partial charge >= 0.3 is 0 Å². The molecule has 1 aromatic carbocycles. The molecule has 3 nitrogen and oxygen atoms in total. The number of aromatic nitrogens is 1. The molecule has 0 aliphatic rings. The molecular weight excluding hydrogens is 236 g/mol. The van der Waals surface area contributed by atoms with Crippen molar-refractivity contribution in [1.29, 1.82) is 0 Å². The van der Waals surface area contributed by atoms with Gasteiger partial charge in [-0.05, 0) is 37.6 Å². The third-order valence-electron chi connectivity index (χ3n) is 2.54. The summed E-state index contributed by atoms with van der Waals surface area (Å²) in [6.07, 6.45) is 3.35. The first kappa shape index (κ1) is 12.1. The second-order valence-electron chi connectivity index (χ2n) is 3.99. The van der Waals surface area contributed by atoms with E-state index in [-0.39, 0.29) is 0 Å². The maximum Gasteiger partial charge on any atom is 0.194 e. The predicted octanol–water partition coefficient (Wildman–Crippen LogP) is 3.19. The van der Waals surface area contributed by atoms with Gasteiger partial charge in [-0.25, -0.2) is 4.98 Å². The van der Waals surface area contributed by atoms with Crippen LogP contribution in [0.4, 0.5) is 0 Å². The molecule has 2 aromatic rings. The van der Waals surface area contributed by atoms with Crippen LogP contribution in [0.3, 0.4) is 0 Å². The van der Waals surface area contributed by atoms with Crippen LogP contribution in [0.1, 0.15) is 17.9 Å². The summed E-state index contributed by atoms with van der Waals surface area (Å²) in [7, 11) is 0. The fraction of sp³-hybridized carbons (Fsp3) is 0.308. The van der Waals surface area contributed by atoms with Gasteiger partial charge in [0.25, 0.3) is 0 Å². The lowest BCUT2D eigenvalue weighted by atomic mass is 10.1. The molecule has 0 unspecified atom stereocenters. The minimum Gasteiger partial charge on any atom is -0.441 e. The monoisotopic (exact) mass is 250 g/mol.